The number of esters is 1. The van der Waals surface area contributed by atoms with E-state index in [0.717, 1.165) is 56.8 Å². The van der Waals surface area contributed by atoms with E-state index in [-0.39, 0.29) is 18.4 Å². The number of unbranched alkanes of at least 4 members (excludes halogenated alkanes) is 2. The van der Waals surface area contributed by atoms with Gasteiger partial charge in [0.25, 0.3) is 0 Å². The van der Waals surface area contributed by atoms with Crippen LogP contribution in [-0.4, -0.2) is 37.0 Å². The number of carbonyl (C=O) groups excluding carboxylic acids is 2. The number of rotatable bonds is 11. The van der Waals surface area contributed by atoms with Gasteiger partial charge in [-0.05, 0) is 78.0 Å². The summed E-state index contributed by atoms with van der Waals surface area (Å²) in [5.74, 6) is 0.642. The molecule has 1 aromatic rings. The Kier molecular flexibility index (Phi) is 9.52. The molecule has 4 atom stereocenters. The summed E-state index contributed by atoms with van der Waals surface area (Å²) >= 11 is 0. The van der Waals surface area contributed by atoms with E-state index in [1.54, 1.807) is 6.92 Å². The summed E-state index contributed by atoms with van der Waals surface area (Å²) in [4.78, 5) is 25.1. The van der Waals surface area contributed by atoms with E-state index >= 15 is 0 Å². The SMILES string of the molecule is CCCCCc1cc2c(c(OP(=O)(NC(C)C(=O)OCC)C(=O)OC)c1)C1CC(C)=CCC1C(C)(C)O2. The molecule has 0 amide bonds. The average molecular weight is 536 g/mol. The minimum Gasteiger partial charge on any atom is -0.487 e. The molecule has 0 spiro atoms. The Morgan fingerprint density at radius 2 is 1.97 bits per heavy atom. The van der Waals surface area contributed by atoms with Crippen molar-refractivity contribution in [1.29, 1.82) is 0 Å². The highest BCUT2D eigenvalue weighted by atomic mass is 31.2. The molecule has 3 rings (SSSR count). The van der Waals surface area contributed by atoms with Crippen LogP contribution in [0.25, 0.3) is 0 Å². The number of allylic oxidation sites excluding steroid dienone is 2. The Balaban J connectivity index is 2.10. The molecule has 37 heavy (non-hydrogen) atoms. The van der Waals surface area contributed by atoms with Crippen LogP contribution in [0.4, 0.5) is 4.79 Å². The van der Waals surface area contributed by atoms with Gasteiger partial charge in [-0.15, -0.1) is 0 Å². The number of ether oxygens (including phenoxy) is 3. The lowest BCUT2D eigenvalue weighted by Crippen LogP contribution is -2.45. The summed E-state index contributed by atoms with van der Waals surface area (Å²) in [6.45, 7) is 11.8. The Morgan fingerprint density at radius 1 is 1.24 bits per heavy atom. The van der Waals surface area contributed by atoms with Gasteiger partial charge in [0.1, 0.15) is 23.1 Å². The normalized spacial score (nSPS) is 22.3. The molecule has 0 saturated heterocycles. The van der Waals surface area contributed by atoms with Gasteiger partial charge >= 0.3 is 19.2 Å². The number of nitrogens with one attached hydrogen (secondary N) is 1. The van der Waals surface area contributed by atoms with Gasteiger partial charge in [-0.25, -0.2) is 14.4 Å². The molecule has 4 unspecified atom stereocenters. The fourth-order valence-electron chi connectivity index (χ4n) is 5.35. The third-order valence-corrected chi connectivity index (χ3v) is 9.11. The van der Waals surface area contributed by atoms with Crippen molar-refractivity contribution in [2.45, 2.75) is 97.6 Å². The zero-order valence-corrected chi connectivity index (χ0v) is 24.1. The van der Waals surface area contributed by atoms with E-state index in [9.17, 15) is 14.2 Å². The molecule has 0 saturated carbocycles. The van der Waals surface area contributed by atoms with E-state index in [2.05, 4.69) is 44.9 Å². The topological polar surface area (TPSA) is 100 Å². The summed E-state index contributed by atoms with van der Waals surface area (Å²) in [5, 5.41) is 2.58. The van der Waals surface area contributed by atoms with E-state index in [0.29, 0.717) is 11.5 Å². The van der Waals surface area contributed by atoms with Gasteiger partial charge in [-0.3, -0.25) is 4.79 Å². The lowest BCUT2D eigenvalue weighted by atomic mass is 9.67. The van der Waals surface area contributed by atoms with Crippen LogP contribution < -0.4 is 14.3 Å². The zero-order valence-electron chi connectivity index (χ0n) is 23.2. The molecular weight excluding hydrogens is 493 g/mol. The predicted octanol–water partition coefficient (Wildman–Crippen LogP) is 6.91. The predicted molar refractivity (Wildman–Crippen MR) is 143 cm³/mol. The summed E-state index contributed by atoms with van der Waals surface area (Å²) in [5.41, 5.74) is 1.59. The van der Waals surface area contributed by atoms with Crippen molar-refractivity contribution < 1.29 is 32.9 Å². The second kappa shape index (κ2) is 12.0. The number of aryl methyl sites for hydroxylation is 1. The first-order valence-corrected chi connectivity index (χ1v) is 14.9. The van der Waals surface area contributed by atoms with Crippen molar-refractivity contribution in [2.75, 3.05) is 13.7 Å². The van der Waals surface area contributed by atoms with Gasteiger partial charge in [0.05, 0.1) is 13.7 Å². The van der Waals surface area contributed by atoms with Crippen LogP contribution in [0.3, 0.4) is 0 Å². The minimum absolute atomic E-state index is 0.0667. The third-order valence-electron chi connectivity index (χ3n) is 7.26. The molecule has 8 nitrogen and oxygen atoms in total. The van der Waals surface area contributed by atoms with E-state index < -0.39 is 30.8 Å². The fraction of sp³-hybridized carbons (Fsp3) is 0.643. The number of methoxy groups -OCH3 is 1. The van der Waals surface area contributed by atoms with Crippen LogP contribution in [0.5, 0.6) is 11.5 Å². The van der Waals surface area contributed by atoms with Gasteiger partial charge in [-0.2, -0.15) is 0 Å². The standard InChI is InChI=1S/C28H42NO7P/c1-8-10-11-12-20-16-23-25(21-15-18(3)13-14-22(21)28(5,6)35-23)24(17-20)36-37(32,27(31)33-7)29-19(4)26(30)34-9-2/h13,16-17,19,21-22H,8-12,14-15H2,1-7H3,(H,29,32). The van der Waals surface area contributed by atoms with Gasteiger partial charge in [0.15, 0.2) is 0 Å². The highest BCUT2D eigenvalue weighted by Gasteiger charge is 2.47. The van der Waals surface area contributed by atoms with Crippen molar-refractivity contribution in [3.05, 3.63) is 34.9 Å². The van der Waals surface area contributed by atoms with Crippen LogP contribution in [0.2, 0.25) is 0 Å². The van der Waals surface area contributed by atoms with Crippen LogP contribution >= 0.6 is 7.52 Å². The number of fused-ring (bicyclic) bond motifs is 3. The van der Waals surface area contributed by atoms with Crippen molar-refractivity contribution in [2.24, 2.45) is 5.92 Å². The van der Waals surface area contributed by atoms with E-state index in [4.69, 9.17) is 18.7 Å². The van der Waals surface area contributed by atoms with Crippen molar-refractivity contribution >= 4 is 19.2 Å². The highest BCUT2D eigenvalue weighted by Crippen LogP contribution is 2.57. The highest BCUT2D eigenvalue weighted by molar-refractivity contribution is 7.74. The number of benzene rings is 1. The lowest BCUT2D eigenvalue weighted by Gasteiger charge is -2.47. The molecular formula is C28H42NO7P. The maximum atomic E-state index is 14.0. The molecule has 0 radical (unpaired) electrons. The van der Waals surface area contributed by atoms with Crippen molar-refractivity contribution in [3.8, 4) is 11.5 Å². The van der Waals surface area contributed by atoms with E-state index in [1.165, 1.54) is 12.5 Å². The van der Waals surface area contributed by atoms with Gasteiger partial charge in [0.2, 0.25) is 0 Å². The van der Waals surface area contributed by atoms with Gasteiger partial charge < -0.3 is 18.7 Å². The summed E-state index contributed by atoms with van der Waals surface area (Å²) in [6, 6.07) is 2.88. The molecule has 1 aliphatic heterocycles. The third kappa shape index (κ3) is 6.58. The Labute approximate surface area is 221 Å². The molecule has 1 aromatic carbocycles. The Morgan fingerprint density at radius 3 is 2.62 bits per heavy atom. The first-order chi connectivity index (χ1) is 17.5. The summed E-state index contributed by atoms with van der Waals surface area (Å²) in [6.07, 6.45) is 7.85. The molecule has 1 aliphatic carbocycles. The maximum Gasteiger partial charge on any atom is 0.424 e. The maximum absolute atomic E-state index is 14.0. The Hall–Kier alpha value is -2.31. The molecule has 1 heterocycles. The molecule has 0 fully saturated rings. The van der Waals surface area contributed by atoms with Crippen molar-refractivity contribution in [1.82, 2.24) is 5.09 Å². The summed E-state index contributed by atoms with van der Waals surface area (Å²) < 4.78 is 36.5. The molecule has 1 N–H and O–H groups in total. The van der Waals surface area contributed by atoms with Crippen molar-refractivity contribution in [3.63, 3.8) is 0 Å². The largest absolute Gasteiger partial charge is 0.487 e. The van der Waals surface area contributed by atoms with Crippen LogP contribution in [-0.2, 0) is 25.3 Å². The van der Waals surface area contributed by atoms with E-state index in [1.807, 2.05) is 6.07 Å². The monoisotopic (exact) mass is 535 g/mol. The first-order valence-electron chi connectivity index (χ1n) is 13.3. The molecule has 0 aromatic heterocycles. The van der Waals surface area contributed by atoms with Crippen LogP contribution in [0, 0.1) is 5.92 Å². The van der Waals surface area contributed by atoms with Crippen LogP contribution in [0.15, 0.2) is 23.8 Å². The average Bonchev–Trinajstić information content (AvgIpc) is 2.82. The first kappa shape index (κ1) is 29.2. The Bertz CT molecular complexity index is 1080. The van der Waals surface area contributed by atoms with Gasteiger partial charge in [0, 0.05) is 17.4 Å². The number of hydrogen-bond acceptors (Lipinski definition) is 7. The second-order valence-electron chi connectivity index (χ2n) is 10.6. The molecule has 206 valence electrons. The molecule has 9 heteroatoms. The van der Waals surface area contributed by atoms with Gasteiger partial charge in [-0.1, -0.05) is 31.4 Å². The fourth-order valence-corrected chi connectivity index (χ4v) is 6.87. The number of carbonyl (C=O) groups is 2. The minimum atomic E-state index is -4.34. The summed E-state index contributed by atoms with van der Waals surface area (Å²) in [7, 11) is -3.20. The lowest BCUT2D eigenvalue weighted by molar-refractivity contribution is -0.144. The molecule has 0 bridgehead atoms. The molecule has 2 aliphatic rings. The van der Waals surface area contributed by atoms with Crippen LogP contribution in [0.1, 0.15) is 90.7 Å². The number of hydrogen-bond donors (Lipinski definition) is 1. The quantitative estimate of drug-likeness (QED) is 0.141. The zero-order chi connectivity index (χ0) is 27.4. The smallest absolute Gasteiger partial charge is 0.424 e. The second-order valence-corrected chi connectivity index (χ2v) is 12.5.